The summed E-state index contributed by atoms with van der Waals surface area (Å²) in [7, 11) is 0. The highest BCUT2D eigenvalue weighted by molar-refractivity contribution is 7.99. The van der Waals surface area contributed by atoms with Gasteiger partial charge in [0.2, 0.25) is 5.28 Å². The molecule has 4 rings (SSSR count). The Bertz CT molecular complexity index is 942. The van der Waals surface area contributed by atoms with Crippen LogP contribution in [0.3, 0.4) is 0 Å². The predicted octanol–water partition coefficient (Wildman–Crippen LogP) is 4.32. The molecule has 1 atom stereocenters. The van der Waals surface area contributed by atoms with Gasteiger partial charge < -0.3 is 14.7 Å². The SMILES string of the molecule is C[C@@H](O)CSc1cccc(-c2cc3nc(Cl)nc(N4CCOCC4)c3s2)c1. The molecule has 0 saturated carbocycles. The third kappa shape index (κ3) is 4.38. The van der Waals surface area contributed by atoms with Gasteiger partial charge in [-0.1, -0.05) is 12.1 Å². The zero-order valence-corrected chi connectivity index (χ0v) is 17.3. The first-order chi connectivity index (χ1) is 13.1. The first kappa shape index (κ1) is 19.0. The molecule has 1 N–H and O–H groups in total. The molecule has 27 heavy (non-hydrogen) atoms. The lowest BCUT2D eigenvalue weighted by atomic mass is 10.2. The van der Waals surface area contributed by atoms with E-state index in [1.807, 2.05) is 6.07 Å². The number of anilines is 1. The number of aliphatic hydroxyl groups excluding tert-OH is 1. The van der Waals surface area contributed by atoms with E-state index in [1.54, 1.807) is 30.0 Å². The largest absolute Gasteiger partial charge is 0.393 e. The fourth-order valence-corrected chi connectivity index (χ4v) is 5.08. The van der Waals surface area contributed by atoms with Crippen molar-refractivity contribution >= 4 is 50.7 Å². The number of benzene rings is 1. The molecule has 142 valence electrons. The molecule has 0 unspecified atom stereocenters. The minimum atomic E-state index is -0.323. The Morgan fingerprint density at radius 1 is 1.30 bits per heavy atom. The maximum absolute atomic E-state index is 9.52. The summed E-state index contributed by atoms with van der Waals surface area (Å²) in [5.74, 6) is 1.57. The smallest absolute Gasteiger partial charge is 0.224 e. The molecule has 3 heterocycles. The molecule has 2 aromatic heterocycles. The summed E-state index contributed by atoms with van der Waals surface area (Å²) >= 11 is 9.54. The van der Waals surface area contributed by atoms with Gasteiger partial charge in [-0.2, -0.15) is 4.98 Å². The topological polar surface area (TPSA) is 58.5 Å². The van der Waals surface area contributed by atoms with E-state index in [9.17, 15) is 5.11 Å². The summed E-state index contributed by atoms with van der Waals surface area (Å²) in [5.41, 5.74) is 2.01. The van der Waals surface area contributed by atoms with E-state index in [4.69, 9.17) is 16.3 Å². The van der Waals surface area contributed by atoms with Gasteiger partial charge >= 0.3 is 0 Å². The number of thioether (sulfide) groups is 1. The minimum absolute atomic E-state index is 0.273. The summed E-state index contributed by atoms with van der Waals surface area (Å²) in [5, 5.41) is 9.79. The number of ether oxygens (including phenoxy) is 1. The number of hydrogen-bond donors (Lipinski definition) is 1. The second-order valence-corrected chi connectivity index (χ2v) is 8.91. The molecule has 3 aromatic rings. The number of nitrogens with zero attached hydrogens (tertiary/aromatic N) is 3. The van der Waals surface area contributed by atoms with Crippen LogP contribution in [0.15, 0.2) is 35.2 Å². The van der Waals surface area contributed by atoms with Crippen molar-refractivity contribution in [3.05, 3.63) is 35.6 Å². The third-order valence-corrected chi connectivity index (χ3v) is 6.82. The Balaban J connectivity index is 1.70. The Hall–Kier alpha value is -1.38. The Morgan fingerprint density at radius 3 is 2.89 bits per heavy atom. The second kappa shape index (κ2) is 8.32. The summed E-state index contributed by atoms with van der Waals surface area (Å²) in [6.07, 6.45) is -0.323. The van der Waals surface area contributed by atoms with Crippen molar-refractivity contribution in [2.45, 2.75) is 17.9 Å². The fraction of sp³-hybridized carbons (Fsp3) is 0.368. The Morgan fingerprint density at radius 2 is 2.11 bits per heavy atom. The normalized spacial score (nSPS) is 16.0. The number of aliphatic hydroxyl groups is 1. The average Bonchev–Trinajstić information content (AvgIpc) is 3.10. The predicted molar refractivity (Wildman–Crippen MR) is 113 cm³/mol. The van der Waals surface area contributed by atoms with Crippen LogP contribution in [0.1, 0.15) is 6.92 Å². The van der Waals surface area contributed by atoms with Crippen LogP contribution in [0.25, 0.3) is 20.7 Å². The van der Waals surface area contributed by atoms with Crippen LogP contribution in [-0.4, -0.2) is 53.2 Å². The maximum atomic E-state index is 9.52. The van der Waals surface area contributed by atoms with Crippen molar-refractivity contribution < 1.29 is 9.84 Å². The summed E-state index contributed by atoms with van der Waals surface area (Å²) < 4.78 is 6.51. The zero-order valence-electron chi connectivity index (χ0n) is 14.9. The number of hydrogen-bond acceptors (Lipinski definition) is 7. The molecule has 1 aliphatic rings. The van der Waals surface area contributed by atoms with E-state index in [0.717, 1.165) is 44.5 Å². The summed E-state index contributed by atoms with van der Waals surface area (Å²) in [6.45, 7) is 4.81. The van der Waals surface area contributed by atoms with Gasteiger partial charge in [0.1, 0.15) is 0 Å². The van der Waals surface area contributed by atoms with Crippen molar-refractivity contribution in [2.75, 3.05) is 37.0 Å². The molecule has 1 saturated heterocycles. The standard InChI is InChI=1S/C19H20ClN3O2S2/c1-12(24)11-26-14-4-2-3-13(9-14)16-10-15-17(27-16)18(22-19(20)21-15)23-5-7-25-8-6-23/h2-4,9-10,12,24H,5-8,11H2,1H3/t12-/m1/s1. The fourth-order valence-electron chi connectivity index (χ4n) is 2.97. The van der Waals surface area contributed by atoms with Crippen LogP contribution >= 0.6 is 34.7 Å². The number of thiophene rings is 1. The van der Waals surface area contributed by atoms with Crippen molar-refractivity contribution in [3.8, 4) is 10.4 Å². The van der Waals surface area contributed by atoms with Gasteiger partial charge in [0, 0.05) is 28.6 Å². The zero-order chi connectivity index (χ0) is 18.8. The van der Waals surface area contributed by atoms with Crippen LogP contribution in [0, 0.1) is 0 Å². The molecule has 0 amide bonds. The number of rotatable bonds is 5. The molecular formula is C19H20ClN3O2S2. The number of halogens is 1. The van der Waals surface area contributed by atoms with Crippen LogP contribution in [0.4, 0.5) is 5.82 Å². The Labute approximate surface area is 171 Å². The highest BCUT2D eigenvalue weighted by atomic mass is 35.5. The van der Waals surface area contributed by atoms with Gasteiger partial charge in [-0.05, 0) is 42.3 Å². The molecule has 0 radical (unpaired) electrons. The molecule has 0 spiro atoms. The van der Waals surface area contributed by atoms with Crippen LogP contribution in [0.2, 0.25) is 5.28 Å². The molecule has 1 aliphatic heterocycles. The van der Waals surface area contributed by atoms with Gasteiger partial charge in [-0.3, -0.25) is 0 Å². The van der Waals surface area contributed by atoms with Gasteiger partial charge in [0.25, 0.3) is 0 Å². The van der Waals surface area contributed by atoms with E-state index < -0.39 is 0 Å². The highest BCUT2D eigenvalue weighted by Crippen LogP contribution is 2.39. The maximum Gasteiger partial charge on any atom is 0.224 e. The van der Waals surface area contributed by atoms with Crippen molar-refractivity contribution in [1.29, 1.82) is 0 Å². The highest BCUT2D eigenvalue weighted by Gasteiger charge is 2.19. The number of fused-ring (bicyclic) bond motifs is 1. The monoisotopic (exact) mass is 421 g/mol. The minimum Gasteiger partial charge on any atom is -0.393 e. The lowest BCUT2D eigenvalue weighted by Crippen LogP contribution is -2.36. The van der Waals surface area contributed by atoms with Crippen LogP contribution in [-0.2, 0) is 4.74 Å². The van der Waals surface area contributed by atoms with Gasteiger partial charge in [0.05, 0.1) is 29.5 Å². The van der Waals surface area contributed by atoms with Crippen molar-refractivity contribution in [3.63, 3.8) is 0 Å². The summed E-state index contributed by atoms with van der Waals surface area (Å²) in [4.78, 5) is 13.4. The molecular weight excluding hydrogens is 402 g/mol. The van der Waals surface area contributed by atoms with E-state index in [1.165, 1.54) is 0 Å². The second-order valence-electron chi connectivity index (χ2n) is 6.43. The van der Waals surface area contributed by atoms with Crippen molar-refractivity contribution in [1.82, 2.24) is 9.97 Å². The van der Waals surface area contributed by atoms with Crippen LogP contribution in [0.5, 0.6) is 0 Å². The average molecular weight is 422 g/mol. The van der Waals surface area contributed by atoms with E-state index in [2.05, 4.69) is 39.1 Å². The van der Waals surface area contributed by atoms with Gasteiger partial charge in [-0.15, -0.1) is 23.1 Å². The lowest BCUT2D eigenvalue weighted by molar-refractivity contribution is 0.122. The van der Waals surface area contributed by atoms with Crippen LogP contribution < -0.4 is 4.90 Å². The quantitative estimate of drug-likeness (QED) is 0.489. The van der Waals surface area contributed by atoms with E-state index in [0.29, 0.717) is 19.0 Å². The molecule has 0 aliphatic carbocycles. The molecule has 5 nitrogen and oxygen atoms in total. The lowest BCUT2D eigenvalue weighted by Gasteiger charge is -2.28. The molecule has 8 heteroatoms. The Kier molecular flexibility index (Phi) is 5.85. The first-order valence-electron chi connectivity index (χ1n) is 8.81. The van der Waals surface area contributed by atoms with Gasteiger partial charge in [-0.25, -0.2) is 4.98 Å². The van der Waals surface area contributed by atoms with E-state index in [-0.39, 0.29) is 11.4 Å². The first-order valence-corrected chi connectivity index (χ1v) is 11.0. The van der Waals surface area contributed by atoms with E-state index >= 15 is 0 Å². The van der Waals surface area contributed by atoms with Crippen molar-refractivity contribution in [2.24, 2.45) is 0 Å². The number of morpholine rings is 1. The molecule has 1 fully saturated rings. The third-order valence-electron chi connectivity index (χ3n) is 4.25. The molecule has 1 aromatic carbocycles. The summed E-state index contributed by atoms with van der Waals surface area (Å²) in [6, 6.07) is 10.4. The number of aromatic nitrogens is 2. The molecule has 0 bridgehead atoms. The van der Waals surface area contributed by atoms with Gasteiger partial charge in [0.15, 0.2) is 5.82 Å².